The van der Waals surface area contributed by atoms with Gasteiger partial charge in [0.25, 0.3) is 0 Å². The maximum Gasteiger partial charge on any atom is 0.227 e. The normalized spacial score (nSPS) is 19.0. The number of halogens is 1. The molecular weight excluding hydrogens is 525 g/mol. The van der Waals surface area contributed by atoms with Crippen LogP contribution in [0.3, 0.4) is 0 Å². The molecule has 13 heteroatoms. The fourth-order valence-electron chi connectivity index (χ4n) is 5.86. The zero-order chi connectivity index (χ0) is 28.7. The number of anilines is 3. The van der Waals surface area contributed by atoms with E-state index in [1.165, 1.54) is 10.9 Å². The van der Waals surface area contributed by atoms with Crippen LogP contribution in [0.15, 0.2) is 47.8 Å². The molecule has 41 heavy (non-hydrogen) atoms. The molecule has 0 saturated carbocycles. The highest BCUT2D eigenvalue weighted by atomic mass is 19.1. The predicted molar refractivity (Wildman–Crippen MR) is 152 cm³/mol. The van der Waals surface area contributed by atoms with Crippen LogP contribution in [0.4, 0.5) is 22.0 Å². The SMILES string of the molecule is CC1=NC2(CCN(c3nc(C)cc(Nc4cc(C)[nH]n4)n3)CC2)[C@@H](C=O)N1C(C)c1ccc(-n2cc(F)cn2)nc1. The number of pyridine rings is 1. The van der Waals surface area contributed by atoms with Crippen LogP contribution in [0.25, 0.3) is 5.82 Å². The van der Waals surface area contributed by atoms with Crippen molar-refractivity contribution in [1.29, 1.82) is 0 Å². The average Bonchev–Trinajstić information content (AvgIpc) is 3.65. The lowest BCUT2D eigenvalue weighted by Gasteiger charge is -2.42. The Kier molecular flexibility index (Phi) is 6.72. The van der Waals surface area contributed by atoms with E-state index in [-0.39, 0.29) is 6.04 Å². The highest BCUT2D eigenvalue weighted by Crippen LogP contribution is 2.41. The Balaban J connectivity index is 1.17. The van der Waals surface area contributed by atoms with Crippen molar-refractivity contribution in [1.82, 2.24) is 39.8 Å². The van der Waals surface area contributed by atoms with Crippen molar-refractivity contribution in [2.75, 3.05) is 23.3 Å². The molecule has 1 saturated heterocycles. The van der Waals surface area contributed by atoms with E-state index in [9.17, 15) is 9.18 Å². The lowest BCUT2D eigenvalue weighted by Crippen LogP contribution is -2.54. The highest BCUT2D eigenvalue weighted by molar-refractivity contribution is 5.88. The van der Waals surface area contributed by atoms with E-state index < -0.39 is 17.4 Å². The summed E-state index contributed by atoms with van der Waals surface area (Å²) in [6.07, 6.45) is 6.57. The van der Waals surface area contributed by atoms with Crippen molar-refractivity contribution >= 4 is 29.7 Å². The van der Waals surface area contributed by atoms with Crippen molar-refractivity contribution in [3.8, 4) is 5.82 Å². The molecule has 1 unspecified atom stereocenters. The fraction of sp³-hybridized carbons (Fsp3) is 0.393. The van der Waals surface area contributed by atoms with E-state index in [4.69, 9.17) is 9.98 Å². The predicted octanol–water partition coefficient (Wildman–Crippen LogP) is 3.68. The largest absolute Gasteiger partial charge is 0.342 e. The van der Waals surface area contributed by atoms with Gasteiger partial charge in [-0.15, -0.1) is 0 Å². The quantitative estimate of drug-likeness (QED) is 0.327. The Morgan fingerprint density at radius 2 is 1.93 bits per heavy atom. The van der Waals surface area contributed by atoms with Crippen LogP contribution in [-0.2, 0) is 4.79 Å². The third-order valence-electron chi connectivity index (χ3n) is 7.91. The summed E-state index contributed by atoms with van der Waals surface area (Å²) in [7, 11) is 0. The van der Waals surface area contributed by atoms with Crippen molar-refractivity contribution in [3.05, 3.63) is 65.6 Å². The summed E-state index contributed by atoms with van der Waals surface area (Å²) < 4.78 is 14.8. The molecule has 6 heterocycles. The lowest BCUT2D eigenvalue weighted by atomic mass is 9.81. The first-order valence-electron chi connectivity index (χ1n) is 13.6. The van der Waals surface area contributed by atoms with Crippen molar-refractivity contribution in [2.45, 2.75) is 58.2 Å². The molecule has 12 nitrogen and oxygen atoms in total. The minimum absolute atomic E-state index is 0.137. The van der Waals surface area contributed by atoms with Crippen LogP contribution in [0, 0.1) is 19.7 Å². The maximum atomic E-state index is 13.4. The van der Waals surface area contributed by atoms with Crippen LogP contribution < -0.4 is 10.2 Å². The molecule has 4 aromatic heterocycles. The number of aliphatic imine (C=N–C) groups is 1. The van der Waals surface area contributed by atoms with Crippen molar-refractivity contribution in [3.63, 3.8) is 0 Å². The molecule has 2 atom stereocenters. The van der Waals surface area contributed by atoms with Crippen LogP contribution in [0.5, 0.6) is 0 Å². The minimum atomic E-state index is -0.520. The maximum absolute atomic E-state index is 13.4. The molecule has 0 aliphatic carbocycles. The molecule has 212 valence electrons. The molecule has 2 aliphatic rings. The lowest BCUT2D eigenvalue weighted by molar-refractivity contribution is -0.113. The van der Waals surface area contributed by atoms with Gasteiger partial charge in [-0.25, -0.2) is 19.0 Å². The first-order valence-corrected chi connectivity index (χ1v) is 13.6. The Morgan fingerprint density at radius 1 is 1.12 bits per heavy atom. The second kappa shape index (κ2) is 10.4. The third kappa shape index (κ3) is 5.03. The third-order valence-corrected chi connectivity index (χ3v) is 7.91. The van der Waals surface area contributed by atoms with E-state index in [0.29, 0.717) is 49.3 Å². The number of nitrogens with one attached hydrogen (secondary N) is 2. The van der Waals surface area contributed by atoms with Gasteiger partial charge in [-0.05, 0) is 52.2 Å². The van der Waals surface area contributed by atoms with E-state index in [1.807, 2.05) is 45.9 Å². The average molecular weight is 558 g/mol. The molecule has 0 amide bonds. The molecule has 6 rings (SSSR count). The van der Waals surface area contributed by atoms with Gasteiger partial charge in [0, 0.05) is 42.8 Å². The van der Waals surface area contributed by atoms with Gasteiger partial charge in [0.05, 0.1) is 29.8 Å². The number of rotatable bonds is 7. The summed E-state index contributed by atoms with van der Waals surface area (Å²) in [5, 5.41) is 14.4. The number of carbonyl (C=O) groups excluding carboxylic acids is 1. The van der Waals surface area contributed by atoms with E-state index in [2.05, 4.69) is 40.4 Å². The van der Waals surface area contributed by atoms with Crippen LogP contribution in [0.2, 0.25) is 0 Å². The molecule has 0 aromatic carbocycles. The first kappa shape index (κ1) is 26.5. The number of hydrogen-bond acceptors (Lipinski definition) is 10. The standard InChI is InChI=1S/C28H32FN11O/c1-17-11-24(33-25-12-18(2)36-37-25)34-27(32-17)38-9-7-28(8-10-38)23(16-41)40(20(4)35-28)19(3)21-5-6-26(30-13-21)39-15-22(29)14-31-39/h5-6,11-16,19,23H,7-10H2,1-4H3,(H2,32,33,34,36,37)/t19?,23-/m1/s1. The summed E-state index contributed by atoms with van der Waals surface area (Å²) in [6.45, 7) is 9.23. The zero-order valence-corrected chi connectivity index (χ0v) is 23.4. The molecule has 0 bridgehead atoms. The highest BCUT2D eigenvalue weighted by Gasteiger charge is 2.50. The number of nitrogens with zero attached hydrogens (tertiary/aromatic N) is 9. The summed E-state index contributed by atoms with van der Waals surface area (Å²) in [5.74, 6) is 2.94. The number of aldehydes is 1. The Labute approximate surface area is 236 Å². The van der Waals surface area contributed by atoms with Crippen molar-refractivity contribution in [2.24, 2.45) is 4.99 Å². The Hall–Kier alpha value is -4.68. The van der Waals surface area contributed by atoms with Gasteiger partial charge in [-0.2, -0.15) is 15.2 Å². The number of H-pyrrole nitrogens is 1. The topological polar surface area (TPSA) is 133 Å². The number of hydrogen-bond donors (Lipinski definition) is 2. The first-order chi connectivity index (χ1) is 19.7. The monoisotopic (exact) mass is 557 g/mol. The van der Waals surface area contributed by atoms with Crippen molar-refractivity contribution < 1.29 is 9.18 Å². The van der Waals surface area contributed by atoms with Crippen LogP contribution in [0.1, 0.15) is 49.7 Å². The number of aromatic amines is 1. The number of carbonyl (C=O) groups is 1. The number of aromatic nitrogens is 7. The Morgan fingerprint density at radius 3 is 2.56 bits per heavy atom. The second-order valence-corrected chi connectivity index (χ2v) is 10.7. The van der Waals surface area contributed by atoms with Crippen LogP contribution in [-0.4, -0.2) is 76.6 Å². The molecular formula is C28H32FN11O. The molecule has 1 spiro atoms. The van der Waals surface area contributed by atoms with E-state index >= 15 is 0 Å². The molecule has 2 N–H and O–H groups in total. The zero-order valence-electron chi connectivity index (χ0n) is 23.4. The molecule has 2 aliphatic heterocycles. The van der Waals surface area contributed by atoms with Gasteiger partial charge in [0.2, 0.25) is 5.95 Å². The van der Waals surface area contributed by atoms with Gasteiger partial charge in [0.1, 0.15) is 18.1 Å². The Bertz CT molecular complexity index is 1590. The van der Waals surface area contributed by atoms with Gasteiger partial charge < -0.3 is 19.9 Å². The minimum Gasteiger partial charge on any atom is -0.342 e. The summed E-state index contributed by atoms with van der Waals surface area (Å²) >= 11 is 0. The molecule has 1 fully saturated rings. The summed E-state index contributed by atoms with van der Waals surface area (Å²) in [6, 6.07) is 6.99. The number of piperidine rings is 1. The second-order valence-electron chi connectivity index (χ2n) is 10.7. The molecule has 4 aromatic rings. The summed E-state index contributed by atoms with van der Waals surface area (Å²) in [5.41, 5.74) is 2.22. The van der Waals surface area contributed by atoms with Gasteiger partial charge in [-0.1, -0.05) is 6.07 Å². The number of aryl methyl sites for hydroxylation is 2. The smallest absolute Gasteiger partial charge is 0.227 e. The van der Waals surface area contributed by atoms with Crippen LogP contribution >= 0.6 is 0 Å². The fourth-order valence-corrected chi connectivity index (χ4v) is 5.86. The van der Waals surface area contributed by atoms with Gasteiger partial charge in [0.15, 0.2) is 17.5 Å². The summed E-state index contributed by atoms with van der Waals surface area (Å²) in [4.78, 5) is 35.8. The van der Waals surface area contributed by atoms with E-state index in [0.717, 1.165) is 35.3 Å². The van der Waals surface area contributed by atoms with Gasteiger partial charge in [-0.3, -0.25) is 10.1 Å². The number of amidine groups is 1. The molecule has 0 radical (unpaired) electrons. The van der Waals surface area contributed by atoms with E-state index in [1.54, 1.807) is 12.3 Å². The van der Waals surface area contributed by atoms with Gasteiger partial charge >= 0.3 is 0 Å².